The molecule has 0 aliphatic carbocycles. The number of amides is 1. The third-order valence-corrected chi connectivity index (χ3v) is 0.907. The summed E-state index contributed by atoms with van der Waals surface area (Å²) in [6, 6.07) is 0. The molecule has 6 nitrogen and oxygen atoms in total. The van der Waals surface area contributed by atoms with Crippen molar-refractivity contribution >= 4 is 5.91 Å². The fourth-order valence-corrected chi connectivity index (χ4v) is 0.593. The van der Waals surface area contributed by atoms with Gasteiger partial charge in [-0.25, -0.2) is 0 Å². The molecular weight excluding hydrogens is 136 g/mol. The van der Waals surface area contributed by atoms with Crippen LogP contribution in [0, 0.1) is 0 Å². The normalized spacial score (nSPS) is 23.5. The van der Waals surface area contributed by atoms with Crippen molar-refractivity contribution in [1.29, 1.82) is 0 Å². The van der Waals surface area contributed by atoms with Crippen LogP contribution in [0.1, 0.15) is 0 Å². The average Bonchev–Trinajstić information content (AvgIpc) is 1.59. The Morgan fingerprint density at radius 2 is 2.10 bits per heavy atom. The lowest BCUT2D eigenvalue weighted by Crippen LogP contribution is -2.55. The first-order valence-corrected chi connectivity index (χ1v) is 2.48. The molecule has 0 aromatic heterocycles. The fourth-order valence-electron chi connectivity index (χ4n) is 0.593. The molecule has 1 atom stereocenters. The van der Waals surface area contributed by atoms with Crippen molar-refractivity contribution in [1.82, 2.24) is 10.6 Å². The third kappa shape index (κ3) is 1.92. The average molecular weight is 146 g/mol. The fraction of sp³-hybridized carbons (Fsp3) is 0.250. The highest BCUT2D eigenvalue weighted by molar-refractivity contribution is 5.88. The molecule has 0 saturated carbocycles. The van der Waals surface area contributed by atoms with Crippen LogP contribution in [-0.2, 0) is 4.79 Å². The second-order valence-corrected chi connectivity index (χ2v) is 1.73. The van der Waals surface area contributed by atoms with Crippen LogP contribution in [0.15, 0.2) is 11.9 Å². The van der Waals surface area contributed by atoms with Crippen molar-refractivity contribution in [2.45, 2.75) is 6.29 Å². The number of carbonyl (C=O) groups is 1. The van der Waals surface area contributed by atoms with Crippen molar-refractivity contribution in [3.63, 3.8) is 0 Å². The molecule has 0 aromatic rings. The molecule has 0 fully saturated rings. The lowest BCUT2D eigenvalue weighted by Gasteiger charge is -2.19. The quantitative estimate of drug-likeness (QED) is 0.289. The van der Waals surface area contributed by atoms with E-state index in [9.17, 15) is 4.79 Å². The lowest BCUT2D eigenvalue weighted by molar-refractivity contribution is -0.117. The largest absolute Gasteiger partial charge is 0.412 e. The van der Waals surface area contributed by atoms with E-state index in [1.54, 1.807) is 0 Å². The first-order chi connectivity index (χ1) is 4.18. The molecule has 10 heavy (non-hydrogen) atoms. The molecule has 1 unspecified atom stereocenters. The second kappa shape index (κ2) is 3.04. The summed E-state index contributed by atoms with van der Waals surface area (Å²) in [5, 5.41) is 4.98. The Morgan fingerprint density at radius 3 is 2.50 bits per heavy atom. The highest BCUT2D eigenvalue weighted by Crippen LogP contribution is 1.85. The number of hydrogen-bond acceptors (Lipinski definition) is 4. The lowest BCUT2D eigenvalue weighted by atomic mass is 10.4. The Balaban J connectivity index is 0.000000810. The van der Waals surface area contributed by atoms with Gasteiger partial charge in [0.2, 0.25) is 5.91 Å². The summed E-state index contributed by atoms with van der Waals surface area (Å²) >= 11 is 0. The van der Waals surface area contributed by atoms with Crippen molar-refractivity contribution in [2.24, 2.45) is 11.5 Å². The Kier molecular flexibility index (Phi) is 2.65. The van der Waals surface area contributed by atoms with Gasteiger partial charge in [0.1, 0.15) is 5.82 Å². The molecule has 1 aliphatic heterocycles. The summed E-state index contributed by atoms with van der Waals surface area (Å²) in [5.41, 5.74) is 10.5. The van der Waals surface area contributed by atoms with Crippen LogP contribution in [0.4, 0.5) is 0 Å². The zero-order chi connectivity index (χ0) is 6.85. The van der Waals surface area contributed by atoms with E-state index >= 15 is 0 Å². The van der Waals surface area contributed by atoms with Crippen LogP contribution >= 0.6 is 0 Å². The van der Waals surface area contributed by atoms with Gasteiger partial charge in [0.25, 0.3) is 0 Å². The van der Waals surface area contributed by atoms with Crippen LogP contribution in [-0.4, -0.2) is 17.7 Å². The van der Waals surface area contributed by atoms with Gasteiger partial charge in [-0.1, -0.05) is 0 Å². The predicted octanol–water partition coefficient (Wildman–Crippen LogP) is -3.08. The maximum absolute atomic E-state index is 10.5. The highest BCUT2D eigenvalue weighted by Gasteiger charge is 2.10. The number of nitrogens with two attached hydrogens (primary N) is 2. The molecule has 1 rings (SSSR count). The van der Waals surface area contributed by atoms with Crippen molar-refractivity contribution < 1.29 is 10.3 Å². The minimum absolute atomic E-state index is 0. The molecule has 0 spiro atoms. The Hall–Kier alpha value is -1.27. The van der Waals surface area contributed by atoms with E-state index in [2.05, 4.69) is 10.6 Å². The van der Waals surface area contributed by atoms with Gasteiger partial charge >= 0.3 is 0 Å². The van der Waals surface area contributed by atoms with Gasteiger partial charge in [-0.2, -0.15) is 0 Å². The van der Waals surface area contributed by atoms with E-state index in [0.29, 0.717) is 5.82 Å². The SMILES string of the molecule is NC1=CC(=O)NC(N)N1.O. The highest BCUT2D eigenvalue weighted by atomic mass is 16.1. The van der Waals surface area contributed by atoms with Gasteiger partial charge in [0.05, 0.1) is 0 Å². The van der Waals surface area contributed by atoms with Gasteiger partial charge < -0.3 is 21.8 Å². The van der Waals surface area contributed by atoms with E-state index in [4.69, 9.17) is 11.5 Å². The molecule has 1 aliphatic rings. The van der Waals surface area contributed by atoms with E-state index in [-0.39, 0.29) is 11.4 Å². The predicted molar refractivity (Wildman–Crippen MR) is 35.1 cm³/mol. The first-order valence-electron chi connectivity index (χ1n) is 2.48. The number of nitrogens with one attached hydrogen (secondary N) is 2. The van der Waals surface area contributed by atoms with Crippen LogP contribution in [0.3, 0.4) is 0 Å². The standard InChI is InChI=1S/C4H8N4O.H2O/c5-2-1-3(9)8-4(6)7-2;/h1,4,7H,5-6H2,(H,8,9);1H2. The molecule has 8 N–H and O–H groups in total. The molecule has 58 valence electrons. The van der Waals surface area contributed by atoms with Crippen LogP contribution < -0.4 is 22.1 Å². The van der Waals surface area contributed by atoms with E-state index in [1.807, 2.05) is 0 Å². The van der Waals surface area contributed by atoms with Gasteiger partial charge in [0.15, 0.2) is 6.29 Å². The topological polar surface area (TPSA) is 125 Å². The second-order valence-electron chi connectivity index (χ2n) is 1.73. The zero-order valence-corrected chi connectivity index (χ0v) is 5.22. The summed E-state index contributed by atoms with van der Waals surface area (Å²) in [7, 11) is 0. The van der Waals surface area contributed by atoms with Crippen molar-refractivity contribution in [2.75, 3.05) is 0 Å². The Morgan fingerprint density at radius 1 is 1.50 bits per heavy atom. The molecule has 6 heteroatoms. The summed E-state index contributed by atoms with van der Waals surface area (Å²) in [4.78, 5) is 10.5. The molecule has 0 radical (unpaired) electrons. The number of rotatable bonds is 0. The van der Waals surface area contributed by atoms with Gasteiger partial charge in [0, 0.05) is 6.08 Å². The molecule has 1 heterocycles. The van der Waals surface area contributed by atoms with E-state index in [1.165, 1.54) is 6.08 Å². The van der Waals surface area contributed by atoms with Gasteiger partial charge in [-0.15, -0.1) is 0 Å². The number of hydrogen-bond donors (Lipinski definition) is 4. The summed E-state index contributed by atoms with van der Waals surface area (Å²) < 4.78 is 0. The van der Waals surface area contributed by atoms with Crippen molar-refractivity contribution in [3.05, 3.63) is 11.9 Å². The maximum atomic E-state index is 10.5. The molecule has 1 amide bonds. The molecular formula is C4H10N4O2. The Labute approximate surface area is 57.6 Å². The van der Waals surface area contributed by atoms with Gasteiger partial charge in [-0.05, 0) is 0 Å². The van der Waals surface area contributed by atoms with E-state index in [0.717, 1.165) is 0 Å². The smallest absolute Gasteiger partial charge is 0.250 e. The third-order valence-electron chi connectivity index (χ3n) is 0.907. The Bertz CT molecular complexity index is 167. The zero-order valence-electron chi connectivity index (χ0n) is 5.22. The molecule has 0 saturated heterocycles. The summed E-state index contributed by atoms with van der Waals surface area (Å²) in [5.74, 6) is 0.0324. The molecule has 0 bridgehead atoms. The van der Waals surface area contributed by atoms with Crippen molar-refractivity contribution in [3.8, 4) is 0 Å². The summed E-state index contributed by atoms with van der Waals surface area (Å²) in [6.07, 6.45) is 0.686. The molecule has 0 aromatic carbocycles. The summed E-state index contributed by atoms with van der Waals surface area (Å²) in [6.45, 7) is 0. The van der Waals surface area contributed by atoms with Crippen LogP contribution in [0.2, 0.25) is 0 Å². The van der Waals surface area contributed by atoms with Crippen LogP contribution in [0.5, 0.6) is 0 Å². The minimum atomic E-state index is -0.553. The minimum Gasteiger partial charge on any atom is -0.412 e. The number of carbonyl (C=O) groups excluding carboxylic acids is 1. The van der Waals surface area contributed by atoms with E-state index < -0.39 is 6.29 Å². The monoisotopic (exact) mass is 146 g/mol. The van der Waals surface area contributed by atoms with Gasteiger partial charge in [-0.3, -0.25) is 10.5 Å². The first kappa shape index (κ1) is 8.73. The van der Waals surface area contributed by atoms with Crippen LogP contribution in [0.25, 0.3) is 0 Å². The maximum Gasteiger partial charge on any atom is 0.250 e.